The van der Waals surface area contributed by atoms with Gasteiger partial charge in [0.1, 0.15) is 11.4 Å². The van der Waals surface area contributed by atoms with Crippen molar-refractivity contribution in [2.45, 2.75) is 26.7 Å². The van der Waals surface area contributed by atoms with E-state index in [0.29, 0.717) is 24.6 Å². The first kappa shape index (κ1) is 17.4. The predicted molar refractivity (Wildman–Crippen MR) is 95.3 cm³/mol. The van der Waals surface area contributed by atoms with E-state index in [4.69, 9.17) is 0 Å². The fraction of sp³-hybridized carbons (Fsp3) is 0.400. The van der Waals surface area contributed by atoms with Gasteiger partial charge in [0.2, 0.25) is 0 Å². The van der Waals surface area contributed by atoms with Gasteiger partial charge < -0.3 is 9.47 Å². The van der Waals surface area contributed by atoms with Crippen LogP contribution in [-0.2, 0) is 13.5 Å². The van der Waals surface area contributed by atoms with E-state index in [1.165, 1.54) is 4.57 Å². The van der Waals surface area contributed by atoms with Crippen LogP contribution in [-0.4, -0.2) is 28.5 Å². The maximum atomic E-state index is 13.7. The first-order valence-electron chi connectivity index (χ1n) is 8.57. The van der Waals surface area contributed by atoms with Crippen molar-refractivity contribution in [2.75, 3.05) is 13.1 Å². The summed E-state index contributed by atoms with van der Waals surface area (Å²) in [6.45, 7) is 4.82. The zero-order valence-electron chi connectivity index (χ0n) is 14.9. The van der Waals surface area contributed by atoms with Crippen molar-refractivity contribution >= 4 is 5.91 Å². The SMILES string of the molecule is Cc1ccc(CC2CCN(C(=O)c3ccc(C)n(C)c3=O)C2)cc1F. The third-order valence-corrected chi connectivity index (χ3v) is 5.12. The van der Waals surface area contributed by atoms with E-state index in [0.717, 1.165) is 24.1 Å². The van der Waals surface area contributed by atoms with Gasteiger partial charge in [0.25, 0.3) is 11.5 Å². The summed E-state index contributed by atoms with van der Waals surface area (Å²) in [5, 5.41) is 0. The summed E-state index contributed by atoms with van der Waals surface area (Å²) in [7, 11) is 1.67. The molecule has 5 heteroatoms. The number of rotatable bonds is 3. The molecular formula is C20H23FN2O2. The van der Waals surface area contributed by atoms with Crippen LogP contribution in [0.25, 0.3) is 0 Å². The number of carbonyl (C=O) groups excluding carboxylic acids is 1. The third kappa shape index (κ3) is 3.50. The monoisotopic (exact) mass is 342 g/mol. The first-order valence-corrected chi connectivity index (χ1v) is 8.57. The minimum atomic E-state index is -0.256. The number of hydrogen-bond acceptors (Lipinski definition) is 2. The summed E-state index contributed by atoms with van der Waals surface area (Å²) in [5.74, 6) is -0.106. The molecule has 2 aromatic rings. The lowest BCUT2D eigenvalue weighted by Crippen LogP contribution is -2.35. The Bertz CT molecular complexity index is 872. The third-order valence-electron chi connectivity index (χ3n) is 5.12. The van der Waals surface area contributed by atoms with Crippen LogP contribution in [0.2, 0.25) is 0 Å². The highest BCUT2D eigenvalue weighted by Gasteiger charge is 2.28. The van der Waals surface area contributed by atoms with Crippen LogP contribution in [0.5, 0.6) is 0 Å². The van der Waals surface area contributed by atoms with Crippen LogP contribution in [0.1, 0.15) is 33.6 Å². The van der Waals surface area contributed by atoms with Gasteiger partial charge in [-0.1, -0.05) is 12.1 Å². The van der Waals surface area contributed by atoms with Gasteiger partial charge in [-0.05, 0) is 61.9 Å². The van der Waals surface area contributed by atoms with Gasteiger partial charge in [-0.2, -0.15) is 0 Å². The molecule has 0 bridgehead atoms. The maximum Gasteiger partial charge on any atom is 0.263 e. The van der Waals surface area contributed by atoms with E-state index >= 15 is 0 Å². The van der Waals surface area contributed by atoms with Gasteiger partial charge in [-0.3, -0.25) is 9.59 Å². The van der Waals surface area contributed by atoms with Gasteiger partial charge in [0.05, 0.1) is 0 Å². The predicted octanol–water partition coefficient (Wildman–Crippen LogP) is 2.85. The molecule has 1 unspecified atom stereocenters. The molecule has 25 heavy (non-hydrogen) atoms. The molecule has 1 aliphatic rings. The first-order chi connectivity index (χ1) is 11.9. The molecule has 3 rings (SSSR count). The highest BCUT2D eigenvalue weighted by Crippen LogP contribution is 2.23. The zero-order valence-corrected chi connectivity index (χ0v) is 14.9. The molecule has 0 aliphatic carbocycles. The van der Waals surface area contributed by atoms with Crippen molar-refractivity contribution in [1.82, 2.24) is 9.47 Å². The molecule has 1 aromatic carbocycles. The summed E-state index contributed by atoms with van der Waals surface area (Å²) >= 11 is 0. The smallest absolute Gasteiger partial charge is 0.263 e. The molecule has 0 N–H and O–H groups in total. The summed E-state index contributed by atoms with van der Waals surface area (Å²) < 4.78 is 15.2. The van der Waals surface area contributed by atoms with Crippen molar-refractivity contribution in [3.05, 3.63) is 68.9 Å². The largest absolute Gasteiger partial charge is 0.338 e. The number of nitrogens with zero attached hydrogens (tertiary/aromatic N) is 2. The topological polar surface area (TPSA) is 42.3 Å². The summed E-state index contributed by atoms with van der Waals surface area (Å²) in [6.07, 6.45) is 1.61. The van der Waals surface area contributed by atoms with Gasteiger partial charge >= 0.3 is 0 Å². The highest BCUT2D eigenvalue weighted by atomic mass is 19.1. The molecule has 1 atom stereocenters. The zero-order chi connectivity index (χ0) is 18.1. The summed E-state index contributed by atoms with van der Waals surface area (Å²) in [6, 6.07) is 8.71. The Morgan fingerprint density at radius 1 is 1.24 bits per heavy atom. The maximum absolute atomic E-state index is 13.7. The molecule has 4 nitrogen and oxygen atoms in total. The lowest BCUT2D eigenvalue weighted by Gasteiger charge is -2.17. The van der Waals surface area contributed by atoms with Crippen molar-refractivity contribution in [2.24, 2.45) is 13.0 Å². The van der Waals surface area contributed by atoms with E-state index in [9.17, 15) is 14.0 Å². The molecule has 1 fully saturated rings. The average Bonchev–Trinajstić information content (AvgIpc) is 3.04. The van der Waals surface area contributed by atoms with E-state index in [1.54, 1.807) is 43.1 Å². The minimum Gasteiger partial charge on any atom is -0.338 e. The van der Waals surface area contributed by atoms with Crippen molar-refractivity contribution in [3.63, 3.8) is 0 Å². The number of pyridine rings is 1. The fourth-order valence-corrected chi connectivity index (χ4v) is 3.34. The van der Waals surface area contributed by atoms with Gasteiger partial charge in [0, 0.05) is 25.8 Å². The van der Waals surface area contributed by atoms with Crippen LogP contribution >= 0.6 is 0 Å². The van der Waals surface area contributed by atoms with Crippen molar-refractivity contribution < 1.29 is 9.18 Å². The number of carbonyl (C=O) groups is 1. The number of hydrogen-bond donors (Lipinski definition) is 0. The lowest BCUT2D eigenvalue weighted by molar-refractivity contribution is 0.0784. The molecule has 0 spiro atoms. The number of aryl methyl sites for hydroxylation is 2. The van der Waals surface area contributed by atoms with Gasteiger partial charge in [0.15, 0.2) is 0 Å². The molecular weight excluding hydrogens is 319 g/mol. The summed E-state index contributed by atoms with van der Waals surface area (Å²) in [4.78, 5) is 26.7. The molecule has 1 aliphatic heterocycles. The number of benzene rings is 1. The highest BCUT2D eigenvalue weighted by molar-refractivity contribution is 5.94. The quantitative estimate of drug-likeness (QED) is 0.861. The number of halogens is 1. The number of amides is 1. The molecule has 1 amide bonds. The Morgan fingerprint density at radius 3 is 2.72 bits per heavy atom. The van der Waals surface area contributed by atoms with E-state index in [-0.39, 0.29) is 22.8 Å². The van der Waals surface area contributed by atoms with Crippen LogP contribution in [0, 0.1) is 25.6 Å². The van der Waals surface area contributed by atoms with Crippen LogP contribution in [0.4, 0.5) is 4.39 Å². The molecule has 2 heterocycles. The van der Waals surface area contributed by atoms with Crippen molar-refractivity contribution in [1.29, 1.82) is 0 Å². The fourth-order valence-electron chi connectivity index (χ4n) is 3.34. The van der Waals surface area contributed by atoms with Crippen LogP contribution in [0.3, 0.4) is 0 Å². The average molecular weight is 342 g/mol. The molecule has 1 saturated heterocycles. The van der Waals surface area contributed by atoms with Gasteiger partial charge in [-0.25, -0.2) is 4.39 Å². The van der Waals surface area contributed by atoms with E-state index in [1.807, 2.05) is 13.0 Å². The second-order valence-electron chi connectivity index (χ2n) is 6.95. The van der Waals surface area contributed by atoms with Crippen LogP contribution in [0.15, 0.2) is 35.1 Å². The Balaban J connectivity index is 1.70. The second-order valence-corrected chi connectivity index (χ2v) is 6.95. The van der Waals surface area contributed by atoms with E-state index < -0.39 is 0 Å². The Morgan fingerprint density at radius 2 is 2.00 bits per heavy atom. The van der Waals surface area contributed by atoms with Crippen LogP contribution < -0.4 is 5.56 Å². The Labute approximate surface area is 146 Å². The lowest BCUT2D eigenvalue weighted by atomic mass is 9.98. The molecule has 0 saturated carbocycles. The van der Waals surface area contributed by atoms with Crippen molar-refractivity contribution in [3.8, 4) is 0 Å². The van der Waals surface area contributed by atoms with Gasteiger partial charge in [-0.15, -0.1) is 0 Å². The standard InChI is InChI=1S/C20H23FN2O2/c1-13-4-6-15(11-18(13)21)10-16-8-9-23(12-16)20(25)17-7-5-14(2)22(3)19(17)24/h4-7,11,16H,8-10,12H2,1-3H3. The summed E-state index contributed by atoms with van der Waals surface area (Å²) in [5.41, 5.74) is 2.38. The number of likely N-dealkylation sites (tertiary alicyclic amines) is 1. The molecule has 1 aromatic heterocycles. The Hall–Kier alpha value is -2.43. The molecule has 132 valence electrons. The molecule has 0 radical (unpaired) electrons. The normalized spacial score (nSPS) is 17.1. The second kappa shape index (κ2) is 6.82. The Kier molecular flexibility index (Phi) is 4.75. The van der Waals surface area contributed by atoms with E-state index in [2.05, 4.69) is 0 Å². The number of aromatic nitrogens is 1. The minimum absolute atomic E-state index is 0.188.